The van der Waals surface area contributed by atoms with Gasteiger partial charge in [-0.1, -0.05) is 13.8 Å². The molecular formula is C13H24N2O. The lowest BCUT2D eigenvalue weighted by molar-refractivity contribution is -0.135. The molecule has 0 spiro atoms. The van der Waals surface area contributed by atoms with Crippen molar-refractivity contribution in [1.82, 2.24) is 10.2 Å². The highest BCUT2D eigenvalue weighted by molar-refractivity contribution is 5.83. The first-order valence-electron chi connectivity index (χ1n) is 6.63. The fraction of sp³-hybridized carbons (Fsp3) is 0.923. The third-order valence-corrected chi connectivity index (χ3v) is 4.10. The number of piperidine rings is 1. The lowest BCUT2D eigenvalue weighted by Gasteiger charge is -2.33. The van der Waals surface area contributed by atoms with Crippen molar-refractivity contribution in [2.45, 2.75) is 52.1 Å². The molecule has 0 saturated carbocycles. The van der Waals surface area contributed by atoms with Gasteiger partial charge >= 0.3 is 0 Å². The molecule has 2 saturated heterocycles. The minimum Gasteiger partial charge on any atom is -0.338 e. The molecular weight excluding hydrogens is 200 g/mol. The Morgan fingerprint density at radius 1 is 1.31 bits per heavy atom. The lowest BCUT2D eigenvalue weighted by atomic mass is 9.91. The Bertz CT molecular complexity index is 259. The normalized spacial score (nSPS) is 40.1. The second kappa shape index (κ2) is 4.74. The number of carbonyl (C=O) groups excluding carboxylic acids is 1. The van der Waals surface area contributed by atoms with E-state index in [0.29, 0.717) is 23.8 Å². The topological polar surface area (TPSA) is 32.3 Å². The molecule has 1 amide bonds. The quantitative estimate of drug-likeness (QED) is 0.734. The van der Waals surface area contributed by atoms with Crippen molar-refractivity contribution in [2.75, 3.05) is 13.1 Å². The molecule has 0 aliphatic carbocycles. The van der Waals surface area contributed by atoms with Gasteiger partial charge in [-0.25, -0.2) is 0 Å². The summed E-state index contributed by atoms with van der Waals surface area (Å²) in [5.74, 6) is 1.49. The van der Waals surface area contributed by atoms with Gasteiger partial charge in [-0.2, -0.15) is 0 Å². The molecule has 0 aromatic heterocycles. The molecule has 4 unspecified atom stereocenters. The van der Waals surface area contributed by atoms with E-state index >= 15 is 0 Å². The van der Waals surface area contributed by atoms with Gasteiger partial charge in [-0.05, 0) is 44.6 Å². The number of hydrogen-bond donors (Lipinski definition) is 1. The van der Waals surface area contributed by atoms with Gasteiger partial charge in [0.25, 0.3) is 0 Å². The number of carbonyl (C=O) groups is 1. The zero-order valence-corrected chi connectivity index (χ0v) is 10.7. The van der Waals surface area contributed by atoms with Gasteiger partial charge in [-0.3, -0.25) is 4.79 Å². The zero-order valence-electron chi connectivity index (χ0n) is 10.7. The van der Waals surface area contributed by atoms with Crippen molar-refractivity contribution in [2.24, 2.45) is 11.8 Å². The van der Waals surface area contributed by atoms with Crippen LogP contribution in [0.2, 0.25) is 0 Å². The van der Waals surface area contributed by atoms with E-state index in [2.05, 4.69) is 31.0 Å². The van der Waals surface area contributed by atoms with E-state index in [1.54, 1.807) is 0 Å². The third kappa shape index (κ3) is 2.24. The van der Waals surface area contributed by atoms with E-state index in [1.165, 1.54) is 12.8 Å². The first kappa shape index (κ1) is 11.9. The van der Waals surface area contributed by atoms with Gasteiger partial charge in [-0.15, -0.1) is 0 Å². The second-order valence-corrected chi connectivity index (χ2v) is 5.73. The second-order valence-electron chi connectivity index (χ2n) is 5.73. The summed E-state index contributed by atoms with van der Waals surface area (Å²) in [6.07, 6.45) is 3.55. The summed E-state index contributed by atoms with van der Waals surface area (Å²) in [5.41, 5.74) is 0. The summed E-state index contributed by atoms with van der Waals surface area (Å²) in [4.78, 5) is 14.5. The van der Waals surface area contributed by atoms with Crippen LogP contribution in [0.25, 0.3) is 0 Å². The zero-order chi connectivity index (χ0) is 11.7. The molecule has 4 atom stereocenters. The van der Waals surface area contributed by atoms with Crippen molar-refractivity contribution in [3.63, 3.8) is 0 Å². The molecule has 2 rings (SSSR count). The van der Waals surface area contributed by atoms with Crippen LogP contribution in [0, 0.1) is 11.8 Å². The summed E-state index contributed by atoms with van der Waals surface area (Å²) in [5, 5.41) is 3.39. The van der Waals surface area contributed by atoms with Crippen LogP contribution in [0.3, 0.4) is 0 Å². The fourth-order valence-corrected chi connectivity index (χ4v) is 3.17. The summed E-state index contributed by atoms with van der Waals surface area (Å²) < 4.78 is 0. The molecule has 0 aromatic rings. The molecule has 2 fully saturated rings. The Labute approximate surface area is 98.6 Å². The van der Waals surface area contributed by atoms with Crippen LogP contribution in [0.15, 0.2) is 0 Å². The van der Waals surface area contributed by atoms with Crippen molar-refractivity contribution in [3.05, 3.63) is 0 Å². The van der Waals surface area contributed by atoms with E-state index in [9.17, 15) is 4.79 Å². The lowest BCUT2D eigenvalue weighted by Crippen LogP contribution is -2.53. The smallest absolute Gasteiger partial charge is 0.240 e. The molecule has 3 heteroatoms. The maximum atomic E-state index is 12.4. The van der Waals surface area contributed by atoms with Crippen molar-refractivity contribution in [1.29, 1.82) is 0 Å². The van der Waals surface area contributed by atoms with Crippen LogP contribution in [0.4, 0.5) is 0 Å². The molecule has 0 bridgehead atoms. The Morgan fingerprint density at radius 3 is 2.62 bits per heavy atom. The molecule has 3 nitrogen and oxygen atoms in total. The minimum atomic E-state index is 0.0708. The van der Waals surface area contributed by atoms with E-state index in [0.717, 1.165) is 19.5 Å². The first-order chi connectivity index (χ1) is 7.59. The summed E-state index contributed by atoms with van der Waals surface area (Å²) in [6, 6.07) is 0.500. The standard InChI is InChI=1S/C13H24N2O/c1-9-7-11(3)15(8-9)13(16)12-10(2)5-4-6-14-12/h9-12,14H,4-8H2,1-3H3. The van der Waals surface area contributed by atoms with Crippen molar-refractivity contribution < 1.29 is 4.79 Å². The van der Waals surface area contributed by atoms with E-state index in [-0.39, 0.29) is 6.04 Å². The predicted octanol–water partition coefficient (Wildman–Crippen LogP) is 1.63. The van der Waals surface area contributed by atoms with E-state index < -0.39 is 0 Å². The monoisotopic (exact) mass is 224 g/mol. The number of hydrogen-bond acceptors (Lipinski definition) is 2. The molecule has 16 heavy (non-hydrogen) atoms. The average molecular weight is 224 g/mol. The molecule has 2 heterocycles. The largest absolute Gasteiger partial charge is 0.338 e. The molecule has 2 aliphatic heterocycles. The Balaban J connectivity index is 2.01. The SMILES string of the molecule is CC1CC(C)N(C(=O)C2NCCCC2C)C1. The van der Waals surface area contributed by atoms with Gasteiger partial charge < -0.3 is 10.2 Å². The minimum absolute atomic E-state index is 0.0708. The first-order valence-corrected chi connectivity index (χ1v) is 6.63. The number of nitrogens with one attached hydrogen (secondary N) is 1. The maximum Gasteiger partial charge on any atom is 0.240 e. The van der Waals surface area contributed by atoms with Crippen LogP contribution in [-0.2, 0) is 4.79 Å². The van der Waals surface area contributed by atoms with Crippen molar-refractivity contribution in [3.8, 4) is 0 Å². The van der Waals surface area contributed by atoms with Crippen LogP contribution >= 0.6 is 0 Å². The number of rotatable bonds is 1. The summed E-state index contributed by atoms with van der Waals surface area (Å²) in [6.45, 7) is 8.55. The van der Waals surface area contributed by atoms with Gasteiger partial charge in [0, 0.05) is 12.6 Å². The highest BCUT2D eigenvalue weighted by Crippen LogP contribution is 2.25. The highest BCUT2D eigenvalue weighted by atomic mass is 16.2. The van der Waals surface area contributed by atoms with Crippen molar-refractivity contribution >= 4 is 5.91 Å². The Kier molecular flexibility index (Phi) is 3.53. The number of nitrogens with zero attached hydrogens (tertiary/aromatic N) is 1. The van der Waals surface area contributed by atoms with Gasteiger partial charge in [0.2, 0.25) is 5.91 Å². The molecule has 0 radical (unpaired) electrons. The molecule has 92 valence electrons. The molecule has 1 N–H and O–H groups in total. The fourth-order valence-electron chi connectivity index (χ4n) is 3.17. The highest BCUT2D eigenvalue weighted by Gasteiger charge is 2.36. The van der Waals surface area contributed by atoms with Gasteiger partial charge in [0.15, 0.2) is 0 Å². The van der Waals surface area contributed by atoms with E-state index in [1.807, 2.05) is 0 Å². The number of amides is 1. The van der Waals surface area contributed by atoms with Crippen LogP contribution in [0.5, 0.6) is 0 Å². The maximum absolute atomic E-state index is 12.4. The van der Waals surface area contributed by atoms with E-state index in [4.69, 9.17) is 0 Å². The van der Waals surface area contributed by atoms with Crippen LogP contribution in [-0.4, -0.2) is 36.0 Å². The van der Waals surface area contributed by atoms with Crippen LogP contribution < -0.4 is 5.32 Å². The number of likely N-dealkylation sites (tertiary alicyclic amines) is 1. The van der Waals surface area contributed by atoms with Crippen LogP contribution in [0.1, 0.15) is 40.0 Å². The summed E-state index contributed by atoms with van der Waals surface area (Å²) >= 11 is 0. The van der Waals surface area contributed by atoms with Gasteiger partial charge in [0.05, 0.1) is 6.04 Å². The third-order valence-electron chi connectivity index (χ3n) is 4.10. The predicted molar refractivity (Wildman–Crippen MR) is 65.1 cm³/mol. The average Bonchev–Trinajstić information content (AvgIpc) is 2.58. The summed E-state index contributed by atoms with van der Waals surface area (Å²) in [7, 11) is 0. The Hall–Kier alpha value is -0.570. The van der Waals surface area contributed by atoms with Gasteiger partial charge in [0.1, 0.15) is 0 Å². The molecule has 0 aromatic carbocycles. The Morgan fingerprint density at radius 2 is 2.06 bits per heavy atom. The molecule has 2 aliphatic rings.